The molecule has 1 N–H and O–H groups in total. The van der Waals surface area contributed by atoms with Crippen LogP contribution in [0.15, 0.2) is 18.2 Å². The van der Waals surface area contributed by atoms with E-state index in [0.717, 1.165) is 23.0 Å². The zero-order chi connectivity index (χ0) is 13.8. The van der Waals surface area contributed by atoms with E-state index >= 15 is 0 Å². The van der Waals surface area contributed by atoms with E-state index < -0.39 is 0 Å². The van der Waals surface area contributed by atoms with E-state index in [-0.39, 0.29) is 0 Å². The molecule has 0 aliphatic rings. The lowest BCUT2D eigenvalue weighted by molar-refractivity contribution is 0.303. The van der Waals surface area contributed by atoms with Gasteiger partial charge in [0.05, 0.1) is 5.69 Å². The Morgan fingerprint density at radius 2 is 2.05 bits per heavy atom. The van der Waals surface area contributed by atoms with Crippen molar-refractivity contribution in [1.29, 1.82) is 0 Å². The molecule has 102 valence electrons. The Morgan fingerprint density at radius 3 is 2.79 bits per heavy atom. The van der Waals surface area contributed by atoms with Gasteiger partial charge in [0.15, 0.2) is 0 Å². The molecule has 2 aromatic rings. The van der Waals surface area contributed by atoms with Crippen LogP contribution < -0.4 is 10.1 Å². The first-order chi connectivity index (χ1) is 9.11. The van der Waals surface area contributed by atoms with Gasteiger partial charge in [0, 0.05) is 11.4 Å². The van der Waals surface area contributed by atoms with Crippen molar-refractivity contribution in [2.45, 2.75) is 33.9 Å². The molecule has 0 aliphatic heterocycles. The molecule has 0 atom stereocenters. The summed E-state index contributed by atoms with van der Waals surface area (Å²) < 4.78 is 5.88. The third kappa shape index (κ3) is 3.33. The first-order valence-electron chi connectivity index (χ1n) is 6.40. The van der Waals surface area contributed by atoms with Gasteiger partial charge in [-0.3, -0.25) is 0 Å². The molecule has 4 heteroatoms. The number of thiazole rings is 1. The lowest BCUT2D eigenvalue weighted by Gasteiger charge is -2.09. The van der Waals surface area contributed by atoms with E-state index in [1.165, 1.54) is 16.0 Å². The summed E-state index contributed by atoms with van der Waals surface area (Å²) in [5.41, 5.74) is 3.55. The van der Waals surface area contributed by atoms with Gasteiger partial charge in [-0.25, -0.2) is 4.98 Å². The SMILES string of the molecule is CNCc1sc(COc2cccc(C)c2C)nc1C. The molecule has 3 nitrogen and oxygen atoms in total. The number of benzene rings is 1. The Hall–Kier alpha value is -1.39. The average Bonchev–Trinajstić information content (AvgIpc) is 2.73. The number of nitrogens with zero attached hydrogens (tertiary/aromatic N) is 1. The average molecular weight is 276 g/mol. The van der Waals surface area contributed by atoms with Crippen molar-refractivity contribution in [3.05, 3.63) is 44.9 Å². The maximum atomic E-state index is 5.88. The highest BCUT2D eigenvalue weighted by Crippen LogP contribution is 2.23. The molecular formula is C15H20N2OS. The standard InChI is InChI=1S/C15H20N2OS/c1-10-6-5-7-13(11(10)2)18-9-15-17-12(3)14(19-15)8-16-4/h5-7,16H,8-9H2,1-4H3. The number of ether oxygens (including phenoxy) is 1. The maximum absolute atomic E-state index is 5.88. The monoisotopic (exact) mass is 276 g/mol. The number of hydrogen-bond donors (Lipinski definition) is 1. The maximum Gasteiger partial charge on any atom is 0.140 e. The van der Waals surface area contributed by atoms with Crippen molar-refractivity contribution in [2.75, 3.05) is 7.05 Å². The van der Waals surface area contributed by atoms with Gasteiger partial charge in [-0.1, -0.05) is 12.1 Å². The van der Waals surface area contributed by atoms with Crippen molar-refractivity contribution >= 4 is 11.3 Å². The first-order valence-corrected chi connectivity index (χ1v) is 7.22. The molecular weight excluding hydrogens is 256 g/mol. The summed E-state index contributed by atoms with van der Waals surface area (Å²) >= 11 is 1.71. The summed E-state index contributed by atoms with van der Waals surface area (Å²) in [7, 11) is 1.95. The summed E-state index contributed by atoms with van der Waals surface area (Å²) in [6.07, 6.45) is 0. The number of nitrogens with one attached hydrogen (secondary N) is 1. The number of aryl methyl sites for hydroxylation is 2. The van der Waals surface area contributed by atoms with Crippen LogP contribution in [-0.2, 0) is 13.2 Å². The number of hydrogen-bond acceptors (Lipinski definition) is 4. The minimum absolute atomic E-state index is 0.541. The van der Waals surface area contributed by atoms with Gasteiger partial charge in [0.1, 0.15) is 17.4 Å². The molecule has 0 unspecified atom stereocenters. The Labute approximate surface area is 118 Å². The second-order valence-electron chi connectivity index (χ2n) is 4.63. The third-order valence-corrected chi connectivity index (χ3v) is 4.31. The molecule has 19 heavy (non-hydrogen) atoms. The Balaban J connectivity index is 2.06. The minimum Gasteiger partial charge on any atom is -0.486 e. The molecule has 0 radical (unpaired) electrons. The van der Waals surface area contributed by atoms with Crippen molar-refractivity contribution in [1.82, 2.24) is 10.3 Å². The zero-order valence-electron chi connectivity index (χ0n) is 11.9. The van der Waals surface area contributed by atoms with Crippen molar-refractivity contribution in [3.8, 4) is 5.75 Å². The molecule has 0 aliphatic carbocycles. The fraction of sp³-hybridized carbons (Fsp3) is 0.400. The fourth-order valence-electron chi connectivity index (χ4n) is 1.89. The second-order valence-corrected chi connectivity index (χ2v) is 5.80. The van der Waals surface area contributed by atoms with Gasteiger partial charge in [0.25, 0.3) is 0 Å². The summed E-state index contributed by atoms with van der Waals surface area (Å²) in [5, 5.41) is 4.19. The molecule has 0 spiro atoms. The normalized spacial score (nSPS) is 10.7. The second kappa shape index (κ2) is 6.17. The molecule has 0 saturated carbocycles. The van der Waals surface area contributed by atoms with Gasteiger partial charge >= 0.3 is 0 Å². The van der Waals surface area contributed by atoms with Crippen molar-refractivity contribution in [2.24, 2.45) is 0 Å². The van der Waals surface area contributed by atoms with Crippen LogP contribution in [0.5, 0.6) is 5.75 Å². The van der Waals surface area contributed by atoms with E-state index in [4.69, 9.17) is 4.74 Å². The van der Waals surface area contributed by atoms with E-state index in [1.54, 1.807) is 11.3 Å². The van der Waals surface area contributed by atoms with E-state index in [2.05, 4.69) is 30.2 Å². The molecule has 2 rings (SSSR count). The highest BCUT2D eigenvalue weighted by Gasteiger charge is 2.08. The minimum atomic E-state index is 0.541. The summed E-state index contributed by atoms with van der Waals surface area (Å²) in [6, 6.07) is 6.13. The molecule has 1 aromatic heterocycles. The predicted molar refractivity (Wildman–Crippen MR) is 79.9 cm³/mol. The van der Waals surface area contributed by atoms with E-state index in [9.17, 15) is 0 Å². The zero-order valence-corrected chi connectivity index (χ0v) is 12.7. The largest absolute Gasteiger partial charge is 0.486 e. The molecule has 0 bridgehead atoms. The van der Waals surface area contributed by atoms with Gasteiger partial charge in [-0.15, -0.1) is 11.3 Å². The van der Waals surface area contributed by atoms with Crippen LogP contribution in [0.25, 0.3) is 0 Å². The van der Waals surface area contributed by atoms with E-state index in [0.29, 0.717) is 6.61 Å². The van der Waals surface area contributed by atoms with Crippen LogP contribution in [0.1, 0.15) is 26.7 Å². The summed E-state index contributed by atoms with van der Waals surface area (Å²) in [4.78, 5) is 5.83. The molecule has 0 saturated heterocycles. The van der Waals surface area contributed by atoms with Gasteiger partial charge in [-0.05, 0) is 45.0 Å². The van der Waals surface area contributed by atoms with Crippen molar-refractivity contribution < 1.29 is 4.74 Å². The fourth-order valence-corrected chi connectivity index (χ4v) is 2.89. The van der Waals surface area contributed by atoms with Crippen molar-refractivity contribution in [3.63, 3.8) is 0 Å². The van der Waals surface area contributed by atoms with Crippen LogP contribution >= 0.6 is 11.3 Å². The Bertz CT molecular complexity index is 563. The quantitative estimate of drug-likeness (QED) is 0.909. The number of aromatic nitrogens is 1. The molecule has 1 heterocycles. The van der Waals surface area contributed by atoms with E-state index in [1.807, 2.05) is 26.1 Å². The van der Waals surface area contributed by atoms with Gasteiger partial charge < -0.3 is 10.1 Å². The highest BCUT2D eigenvalue weighted by atomic mass is 32.1. The van der Waals surface area contributed by atoms with Crippen LogP contribution in [0, 0.1) is 20.8 Å². The predicted octanol–water partition coefficient (Wildman–Crippen LogP) is 3.37. The summed E-state index contributed by atoms with van der Waals surface area (Å²) in [5.74, 6) is 0.947. The topological polar surface area (TPSA) is 34.1 Å². The van der Waals surface area contributed by atoms with Crippen LogP contribution in [0.3, 0.4) is 0 Å². The molecule has 0 amide bonds. The van der Waals surface area contributed by atoms with Crippen LogP contribution in [-0.4, -0.2) is 12.0 Å². The molecule has 0 fully saturated rings. The molecule has 1 aromatic carbocycles. The smallest absolute Gasteiger partial charge is 0.140 e. The number of rotatable bonds is 5. The highest BCUT2D eigenvalue weighted by molar-refractivity contribution is 7.11. The summed E-state index contributed by atoms with van der Waals surface area (Å²) in [6.45, 7) is 7.64. The Morgan fingerprint density at radius 1 is 1.26 bits per heavy atom. The van der Waals surface area contributed by atoms with Gasteiger partial charge in [-0.2, -0.15) is 0 Å². The lowest BCUT2D eigenvalue weighted by Crippen LogP contribution is -2.04. The lowest BCUT2D eigenvalue weighted by atomic mass is 10.1. The first kappa shape index (κ1) is 14.0. The van der Waals surface area contributed by atoms with Crippen LogP contribution in [0.2, 0.25) is 0 Å². The van der Waals surface area contributed by atoms with Gasteiger partial charge in [0.2, 0.25) is 0 Å². The third-order valence-electron chi connectivity index (χ3n) is 3.18. The van der Waals surface area contributed by atoms with Crippen LogP contribution in [0.4, 0.5) is 0 Å². The Kier molecular flexibility index (Phi) is 4.56.